The molecule has 0 saturated heterocycles. The van der Waals surface area contributed by atoms with Crippen molar-refractivity contribution in [2.75, 3.05) is 17.2 Å². The Morgan fingerprint density at radius 2 is 2.00 bits per heavy atom. The molecule has 2 aromatic carbocycles. The molecule has 2 N–H and O–H groups in total. The number of carbonyl (C=O) groups is 1. The third kappa shape index (κ3) is 2.75. The van der Waals surface area contributed by atoms with Gasteiger partial charge in [-0.1, -0.05) is 23.7 Å². The summed E-state index contributed by atoms with van der Waals surface area (Å²) in [6, 6.07) is 11.0. The first-order valence-corrected chi connectivity index (χ1v) is 6.53. The highest BCUT2D eigenvalue weighted by atomic mass is 35.5. The summed E-state index contributed by atoms with van der Waals surface area (Å²) < 4.78 is 13.9. The van der Waals surface area contributed by atoms with Crippen LogP contribution in [0.25, 0.3) is 0 Å². The van der Waals surface area contributed by atoms with Crippen molar-refractivity contribution in [3.63, 3.8) is 0 Å². The molecule has 0 radical (unpaired) electrons. The molecule has 2 rings (SSSR count). The summed E-state index contributed by atoms with van der Waals surface area (Å²) in [7, 11) is 0. The Morgan fingerprint density at radius 3 is 2.60 bits per heavy atom. The Hall–Kier alpha value is -2.07. The van der Waals surface area contributed by atoms with Gasteiger partial charge in [-0.3, -0.25) is 4.79 Å². The quantitative estimate of drug-likeness (QED) is 0.876. The van der Waals surface area contributed by atoms with Crippen LogP contribution in [0.5, 0.6) is 0 Å². The lowest BCUT2D eigenvalue weighted by atomic mass is 10.1. The summed E-state index contributed by atoms with van der Waals surface area (Å²) in [5, 5.41) is 0.251. The fourth-order valence-corrected chi connectivity index (χ4v) is 2.12. The van der Waals surface area contributed by atoms with Crippen LogP contribution in [0, 0.1) is 5.82 Å². The number of benzene rings is 2. The highest BCUT2D eigenvalue weighted by Crippen LogP contribution is 2.25. The van der Waals surface area contributed by atoms with E-state index in [2.05, 4.69) is 0 Å². The molecule has 3 nitrogen and oxygen atoms in total. The third-order valence-electron chi connectivity index (χ3n) is 2.95. The lowest BCUT2D eigenvalue weighted by Crippen LogP contribution is -2.31. The number of para-hydroxylation sites is 2. The van der Waals surface area contributed by atoms with E-state index in [4.69, 9.17) is 17.3 Å². The molecule has 104 valence electrons. The van der Waals surface area contributed by atoms with Crippen LogP contribution in [0.2, 0.25) is 5.02 Å². The van der Waals surface area contributed by atoms with Crippen LogP contribution in [0.1, 0.15) is 17.3 Å². The number of nitrogens with two attached hydrogens (primary N) is 1. The van der Waals surface area contributed by atoms with E-state index in [0.29, 0.717) is 17.9 Å². The zero-order valence-corrected chi connectivity index (χ0v) is 11.7. The predicted molar refractivity (Wildman–Crippen MR) is 79.6 cm³/mol. The molecule has 0 aromatic heterocycles. The monoisotopic (exact) mass is 292 g/mol. The summed E-state index contributed by atoms with van der Waals surface area (Å²) >= 11 is 5.69. The molecular weight excluding hydrogens is 279 g/mol. The minimum absolute atomic E-state index is 0.0282. The number of amides is 1. The van der Waals surface area contributed by atoms with Gasteiger partial charge in [0.2, 0.25) is 0 Å². The number of nitrogen functional groups attached to an aromatic ring is 1. The second-order valence-corrected chi connectivity index (χ2v) is 4.67. The second kappa shape index (κ2) is 5.92. The zero-order chi connectivity index (χ0) is 14.7. The maximum absolute atomic E-state index is 13.9. The number of rotatable bonds is 3. The second-order valence-electron chi connectivity index (χ2n) is 4.23. The fourth-order valence-electron chi connectivity index (χ4n) is 1.97. The van der Waals surface area contributed by atoms with E-state index < -0.39 is 11.7 Å². The van der Waals surface area contributed by atoms with Crippen molar-refractivity contribution in [3.8, 4) is 0 Å². The molecule has 0 unspecified atom stereocenters. The minimum Gasteiger partial charge on any atom is -0.397 e. The van der Waals surface area contributed by atoms with Gasteiger partial charge in [0.15, 0.2) is 0 Å². The summed E-state index contributed by atoms with van der Waals surface area (Å²) in [5.74, 6) is -1.09. The van der Waals surface area contributed by atoms with Crippen molar-refractivity contribution in [2.24, 2.45) is 0 Å². The molecule has 0 atom stereocenters. The van der Waals surface area contributed by atoms with Crippen LogP contribution in [0.15, 0.2) is 42.5 Å². The third-order valence-corrected chi connectivity index (χ3v) is 3.19. The number of anilines is 2. The number of nitrogens with zero attached hydrogens (tertiary/aromatic N) is 1. The lowest BCUT2D eigenvalue weighted by Gasteiger charge is -2.22. The van der Waals surface area contributed by atoms with Crippen molar-refractivity contribution in [3.05, 3.63) is 58.9 Å². The molecule has 0 fully saturated rings. The van der Waals surface area contributed by atoms with Gasteiger partial charge in [0, 0.05) is 11.6 Å². The molecule has 2 aromatic rings. The number of hydrogen-bond acceptors (Lipinski definition) is 2. The number of carbonyl (C=O) groups excluding carboxylic acids is 1. The molecule has 5 heteroatoms. The number of hydrogen-bond donors (Lipinski definition) is 1. The van der Waals surface area contributed by atoms with Crippen molar-refractivity contribution in [1.82, 2.24) is 0 Å². The van der Waals surface area contributed by atoms with Gasteiger partial charge in [-0.2, -0.15) is 0 Å². The average molecular weight is 293 g/mol. The molecule has 0 aliphatic carbocycles. The van der Waals surface area contributed by atoms with Gasteiger partial charge in [0.1, 0.15) is 5.82 Å². The first kappa shape index (κ1) is 14.3. The van der Waals surface area contributed by atoms with Gasteiger partial charge in [-0.25, -0.2) is 4.39 Å². The maximum atomic E-state index is 13.9. The molecule has 0 spiro atoms. The summed E-state index contributed by atoms with van der Waals surface area (Å²) in [4.78, 5) is 13.9. The van der Waals surface area contributed by atoms with Crippen LogP contribution in [0.3, 0.4) is 0 Å². The van der Waals surface area contributed by atoms with Gasteiger partial charge in [-0.15, -0.1) is 0 Å². The Kier molecular flexibility index (Phi) is 4.25. The minimum atomic E-state index is -0.643. The van der Waals surface area contributed by atoms with E-state index in [1.54, 1.807) is 31.2 Å². The van der Waals surface area contributed by atoms with Crippen LogP contribution in [-0.4, -0.2) is 12.5 Å². The van der Waals surface area contributed by atoms with E-state index in [1.165, 1.54) is 17.0 Å². The van der Waals surface area contributed by atoms with Crippen LogP contribution < -0.4 is 10.6 Å². The smallest absolute Gasteiger partial charge is 0.261 e. The highest BCUT2D eigenvalue weighted by Gasteiger charge is 2.20. The summed E-state index contributed by atoms with van der Waals surface area (Å²) in [5.41, 5.74) is 6.87. The Morgan fingerprint density at radius 1 is 1.30 bits per heavy atom. The molecule has 0 aliphatic heterocycles. The van der Waals surface area contributed by atoms with E-state index in [0.717, 1.165) is 6.07 Å². The lowest BCUT2D eigenvalue weighted by molar-refractivity contribution is 0.0984. The van der Waals surface area contributed by atoms with E-state index in [1.807, 2.05) is 0 Å². The molecule has 0 bridgehead atoms. The van der Waals surface area contributed by atoms with Crippen LogP contribution in [0.4, 0.5) is 15.8 Å². The fraction of sp³-hybridized carbons (Fsp3) is 0.133. The maximum Gasteiger partial charge on any atom is 0.261 e. The van der Waals surface area contributed by atoms with Gasteiger partial charge >= 0.3 is 0 Å². The predicted octanol–water partition coefficient (Wildman–Crippen LogP) is 3.73. The molecule has 20 heavy (non-hydrogen) atoms. The van der Waals surface area contributed by atoms with E-state index >= 15 is 0 Å². The van der Waals surface area contributed by atoms with Crippen LogP contribution >= 0.6 is 11.6 Å². The highest BCUT2D eigenvalue weighted by molar-refractivity contribution is 6.30. The molecular formula is C15H14ClFN2O. The molecule has 1 amide bonds. The summed E-state index contributed by atoms with van der Waals surface area (Å²) in [6.45, 7) is 2.19. The van der Waals surface area contributed by atoms with E-state index in [-0.39, 0.29) is 10.6 Å². The van der Waals surface area contributed by atoms with Gasteiger partial charge in [-0.05, 0) is 37.3 Å². The topological polar surface area (TPSA) is 46.3 Å². The Labute approximate surface area is 121 Å². The van der Waals surface area contributed by atoms with E-state index in [9.17, 15) is 9.18 Å². The van der Waals surface area contributed by atoms with Gasteiger partial charge in [0.25, 0.3) is 5.91 Å². The molecule has 0 aliphatic rings. The van der Waals surface area contributed by atoms with Crippen LogP contribution in [-0.2, 0) is 0 Å². The Balaban J connectivity index is 2.42. The average Bonchev–Trinajstić information content (AvgIpc) is 2.41. The molecule has 0 heterocycles. The molecule has 0 saturated carbocycles. The summed E-state index contributed by atoms with van der Waals surface area (Å²) in [6.07, 6.45) is 0. The first-order valence-electron chi connectivity index (χ1n) is 6.16. The number of halogens is 2. The van der Waals surface area contributed by atoms with Gasteiger partial charge in [0.05, 0.1) is 16.9 Å². The van der Waals surface area contributed by atoms with Crippen molar-refractivity contribution in [1.29, 1.82) is 0 Å². The zero-order valence-electron chi connectivity index (χ0n) is 10.9. The van der Waals surface area contributed by atoms with Crippen molar-refractivity contribution < 1.29 is 9.18 Å². The SMILES string of the molecule is CCN(C(=O)c1ccc(Cl)cc1F)c1ccccc1N. The standard InChI is InChI=1S/C15H14ClFN2O/c1-2-19(14-6-4-3-5-13(14)18)15(20)11-8-7-10(16)9-12(11)17/h3-9H,2,18H2,1H3. The van der Waals surface area contributed by atoms with Crippen molar-refractivity contribution >= 4 is 28.9 Å². The largest absolute Gasteiger partial charge is 0.397 e. The Bertz CT molecular complexity index is 646. The van der Waals surface area contributed by atoms with Gasteiger partial charge < -0.3 is 10.6 Å². The van der Waals surface area contributed by atoms with Crippen molar-refractivity contribution in [2.45, 2.75) is 6.92 Å². The first-order chi connectivity index (χ1) is 9.54. The normalized spacial score (nSPS) is 10.3.